The van der Waals surface area contributed by atoms with Crippen molar-refractivity contribution in [2.75, 3.05) is 0 Å². The lowest BCUT2D eigenvalue weighted by atomic mass is 10.0. The van der Waals surface area contributed by atoms with Crippen molar-refractivity contribution in [2.45, 2.75) is 0 Å². The SMILES string of the molecule is N#Cc1ccccc1-c1[c]ccc(Br)c1. The van der Waals surface area contributed by atoms with Crippen LogP contribution in [0.25, 0.3) is 11.1 Å². The molecule has 1 radical (unpaired) electrons. The van der Waals surface area contributed by atoms with Crippen molar-refractivity contribution < 1.29 is 0 Å². The number of benzene rings is 2. The summed E-state index contributed by atoms with van der Waals surface area (Å²) < 4.78 is 0.990. The molecule has 2 aromatic rings. The van der Waals surface area contributed by atoms with E-state index in [4.69, 9.17) is 5.26 Å². The molecule has 2 heteroatoms. The zero-order valence-corrected chi connectivity index (χ0v) is 9.45. The molecule has 2 aromatic carbocycles. The van der Waals surface area contributed by atoms with Gasteiger partial charge in [0, 0.05) is 10.0 Å². The third-order valence-electron chi connectivity index (χ3n) is 2.10. The Kier molecular flexibility index (Phi) is 2.84. The van der Waals surface area contributed by atoms with Gasteiger partial charge in [0.25, 0.3) is 0 Å². The first-order chi connectivity index (χ1) is 7.31. The maximum atomic E-state index is 8.97. The molecule has 0 aliphatic rings. The van der Waals surface area contributed by atoms with Crippen LogP contribution in [0.2, 0.25) is 0 Å². The van der Waals surface area contributed by atoms with Gasteiger partial charge in [-0.1, -0.05) is 40.2 Å². The van der Waals surface area contributed by atoms with Crippen molar-refractivity contribution in [3.05, 3.63) is 58.6 Å². The van der Waals surface area contributed by atoms with Crippen LogP contribution in [0.1, 0.15) is 5.56 Å². The van der Waals surface area contributed by atoms with E-state index in [9.17, 15) is 0 Å². The van der Waals surface area contributed by atoms with Crippen molar-refractivity contribution in [1.82, 2.24) is 0 Å². The van der Waals surface area contributed by atoms with E-state index in [0.29, 0.717) is 5.56 Å². The fourth-order valence-corrected chi connectivity index (χ4v) is 1.77. The van der Waals surface area contributed by atoms with E-state index < -0.39 is 0 Å². The van der Waals surface area contributed by atoms with Gasteiger partial charge in [-0.15, -0.1) is 0 Å². The van der Waals surface area contributed by atoms with Crippen molar-refractivity contribution in [2.24, 2.45) is 0 Å². The van der Waals surface area contributed by atoms with Crippen LogP contribution in [-0.4, -0.2) is 0 Å². The lowest BCUT2D eigenvalue weighted by Gasteiger charge is -2.03. The summed E-state index contributed by atoms with van der Waals surface area (Å²) in [7, 11) is 0. The molecule has 0 unspecified atom stereocenters. The molecule has 0 fully saturated rings. The van der Waals surface area contributed by atoms with Crippen LogP contribution < -0.4 is 0 Å². The summed E-state index contributed by atoms with van der Waals surface area (Å²) in [6, 6.07) is 18.5. The summed E-state index contributed by atoms with van der Waals surface area (Å²) in [5.41, 5.74) is 2.52. The van der Waals surface area contributed by atoms with Crippen LogP contribution in [0.4, 0.5) is 0 Å². The van der Waals surface area contributed by atoms with Gasteiger partial charge in [0.15, 0.2) is 0 Å². The Morgan fingerprint density at radius 3 is 2.73 bits per heavy atom. The Labute approximate surface area is 97.1 Å². The van der Waals surface area contributed by atoms with E-state index in [0.717, 1.165) is 15.6 Å². The predicted octanol–water partition coefficient (Wildman–Crippen LogP) is 3.79. The molecule has 71 valence electrons. The van der Waals surface area contributed by atoms with Gasteiger partial charge in [-0.25, -0.2) is 0 Å². The minimum Gasteiger partial charge on any atom is -0.192 e. The number of rotatable bonds is 1. The molecule has 0 aliphatic carbocycles. The molecule has 0 saturated carbocycles. The number of nitrogens with zero attached hydrogens (tertiary/aromatic N) is 1. The Hall–Kier alpha value is -1.59. The molecule has 2 rings (SSSR count). The molecule has 0 atom stereocenters. The van der Waals surface area contributed by atoms with Gasteiger partial charge < -0.3 is 0 Å². The molecule has 0 saturated heterocycles. The molecular formula is C13H7BrN. The third kappa shape index (κ3) is 2.08. The van der Waals surface area contributed by atoms with Crippen LogP contribution in [0, 0.1) is 17.4 Å². The highest BCUT2D eigenvalue weighted by molar-refractivity contribution is 9.10. The predicted molar refractivity (Wildman–Crippen MR) is 63.1 cm³/mol. The summed E-state index contributed by atoms with van der Waals surface area (Å²) in [4.78, 5) is 0. The highest BCUT2D eigenvalue weighted by Crippen LogP contribution is 2.25. The zero-order valence-electron chi connectivity index (χ0n) is 7.87. The fourth-order valence-electron chi connectivity index (χ4n) is 1.41. The van der Waals surface area contributed by atoms with Crippen LogP contribution in [0.15, 0.2) is 46.9 Å². The topological polar surface area (TPSA) is 23.8 Å². The van der Waals surface area contributed by atoms with Crippen LogP contribution in [-0.2, 0) is 0 Å². The van der Waals surface area contributed by atoms with Crippen molar-refractivity contribution in [3.8, 4) is 17.2 Å². The van der Waals surface area contributed by atoms with Gasteiger partial charge in [-0.2, -0.15) is 5.26 Å². The Morgan fingerprint density at radius 1 is 1.20 bits per heavy atom. The molecule has 0 aliphatic heterocycles. The first-order valence-corrected chi connectivity index (χ1v) is 5.27. The third-order valence-corrected chi connectivity index (χ3v) is 2.59. The first kappa shape index (κ1) is 9.95. The van der Waals surface area contributed by atoms with E-state index in [1.54, 1.807) is 0 Å². The first-order valence-electron chi connectivity index (χ1n) is 4.48. The van der Waals surface area contributed by atoms with Crippen LogP contribution in [0.5, 0.6) is 0 Å². The standard InChI is InChI=1S/C13H7BrN/c14-12-6-3-5-10(8-12)13-7-2-1-4-11(13)9-15/h1-4,6-8H. The summed E-state index contributed by atoms with van der Waals surface area (Å²) in [6.07, 6.45) is 0. The largest absolute Gasteiger partial charge is 0.192 e. The molecule has 15 heavy (non-hydrogen) atoms. The molecule has 0 spiro atoms. The average molecular weight is 257 g/mol. The van der Waals surface area contributed by atoms with Crippen LogP contribution >= 0.6 is 15.9 Å². The average Bonchev–Trinajstić information content (AvgIpc) is 2.29. The lowest BCUT2D eigenvalue weighted by molar-refractivity contribution is 1.47. The van der Waals surface area contributed by atoms with Crippen molar-refractivity contribution in [1.29, 1.82) is 5.26 Å². The molecule has 1 nitrogen and oxygen atoms in total. The minimum absolute atomic E-state index is 0.673. The van der Waals surface area contributed by atoms with Gasteiger partial charge in [-0.05, 0) is 29.8 Å². The van der Waals surface area contributed by atoms with Gasteiger partial charge in [-0.3, -0.25) is 0 Å². The molecule has 0 aromatic heterocycles. The maximum Gasteiger partial charge on any atom is 0.0998 e. The Morgan fingerprint density at radius 2 is 2.00 bits per heavy atom. The number of hydrogen-bond donors (Lipinski definition) is 0. The Bertz CT molecular complexity index is 526. The van der Waals surface area contributed by atoms with E-state index in [-0.39, 0.29) is 0 Å². The van der Waals surface area contributed by atoms with Gasteiger partial charge >= 0.3 is 0 Å². The molecule has 0 bridgehead atoms. The second-order valence-electron chi connectivity index (χ2n) is 3.08. The lowest BCUT2D eigenvalue weighted by Crippen LogP contribution is -1.83. The Balaban J connectivity index is 2.60. The van der Waals surface area contributed by atoms with Gasteiger partial charge in [0.05, 0.1) is 11.6 Å². The summed E-state index contributed by atoms with van der Waals surface area (Å²) in [5.74, 6) is 0. The van der Waals surface area contributed by atoms with Gasteiger partial charge in [0.1, 0.15) is 0 Å². The molecular weight excluding hydrogens is 250 g/mol. The van der Waals surface area contributed by atoms with E-state index >= 15 is 0 Å². The summed E-state index contributed by atoms with van der Waals surface area (Å²) in [6.45, 7) is 0. The smallest absolute Gasteiger partial charge is 0.0998 e. The highest BCUT2D eigenvalue weighted by Gasteiger charge is 2.03. The second-order valence-corrected chi connectivity index (χ2v) is 3.99. The summed E-state index contributed by atoms with van der Waals surface area (Å²) in [5, 5.41) is 8.97. The summed E-state index contributed by atoms with van der Waals surface area (Å²) >= 11 is 3.40. The van der Waals surface area contributed by atoms with Gasteiger partial charge in [0.2, 0.25) is 0 Å². The maximum absolute atomic E-state index is 8.97. The zero-order chi connectivity index (χ0) is 10.7. The van der Waals surface area contributed by atoms with E-state index in [1.807, 2.05) is 42.5 Å². The normalized spacial score (nSPS) is 9.60. The number of nitriles is 1. The molecule has 0 N–H and O–H groups in total. The highest BCUT2D eigenvalue weighted by atomic mass is 79.9. The monoisotopic (exact) mass is 256 g/mol. The van der Waals surface area contributed by atoms with E-state index in [1.165, 1.54) is 0 Å². The van der Waals surface area contributed by atoms with E-state index in [2.05, 4.69) is 28.1 Å². The van der Waals surface area contributed by atoms with Crippen molar-refractivity contribution in [3.63, 3.8) is 0 Å². The number of halogens is 1. The fraction of sp³-hybridized carbons (Fsp3) is 0. The molecule has 0 heterocycles. The van der Waals surface area contributed by atoms with Crippen LogP contribution in [0.3, 0.4) is 0 Å². The van der Waals surface area contributed by atoms with Crippen molar-refractivity contribution >= 4 is 15.9 Å². The minimum atomic E-state index is 0.673. The molecule has 0 amide bonds. The number of hydrogen-bond acceptors (Lipinski definition) is 1. The quantitative estimate of drug-likeness (QED) is 0.762. The second kappa shape index (κ2) is 4.29.